The van der Waals surface area contributed by atoms with Gasteiger partial charge in [-0.3, -0.25) is 4.79 Å². The van der Waals surface area contributed by atoms with Gasteiger partial charge in [0.25, 0.3) is 5.91 Å². The SMILES string of the molecule is CS(=O)(=O)c1ccccc1S(=O)(=O)N1CCC[C@H]1CN(C(=O)c1ccc(-c2ccc(C(F)(F)F)cc2)cc1)[C@@H](Cc1ccc(-c2ccccc2)cc1)C(=O)O. The number of sulfonamides is 1. The summed E-state index contributed by atoms with van der Waals surface area (Å²) in [6.45, 7) is -0.299. The molecule has 0 aliphatic carbocycles. The molecule has 2 atom stereocenters. The summed E-state index contributed by atoms with van der Waals surface area (Å²) in [6, 6.07) is 30.2. The van der Waals surface area contributed by atoms with Crippen LogP contribution in [0.5, 0.6) is 0 Å². The lowest BCUT2D eigenvalue weighted by molar-refractivity contribution is -0.142. The third-order valence-electron chi connectivity index (χ3n) is 9.66. The van der Waals surface area contributed by atoms with Crippen LogP contribution in [0.4, 0.5) is 13.2 Å². The van der Waals surface area contributed by atoms with E-state index in [-0.39, 0.29) is 36.4 Å². The Morgan fingerprint density at radius 3 is 1.80 bits per heavy atom. The number of hydrogen-bond donors (Lipinski definition) is 1. The van der Waals surface area contributed by atoms with E-state index >= 15 is 0 Å². The number of sulfone groups is 1. The Kier molecular flexibility index (Phi) is 11.3. The Morgan fingerprint density at radius 1 is 0.745 bits per heavy atom. The van der Waals surface area contributed by atoms with Crippen molar-refractivity contribution in [3.8, 4) is 22.3 Å². The highest BCUT2D eigenvalue weighted by molar-refractivity contribution is 7.93. The lowest BCUT2D eigenvalue weighted by Crippen LogP contribution is -2.52. The van der Waals surface area contributed by atoms with Crippen molar-refractivity contribution in [2.45, 2.75) is 47.3 Å². The number of rotatable bonds is 12. The molecule has 0 aromatic heterocycles. The molecule has 14 heteroatoms. The maximum atomic E-state index is 14.4. The van der Waals surface area contributed by atoms with Crippen molar-refractivity contribution in [3.63, 3.8) is 0 Å². The van der Waals surface area contributed by atoms with Gasteiger partial charge in [0.2, 0.25) is 10.0 Å². The highest BCUT2D eigenvalue weighted by Crippen LogP contribution is 2.33. The average molecular weight is 791 g/mol. The van der Waals surface area contributed by atoms with Gasteiger partial charge in [-0.25, -0.2) is 21.6 Å². The molecule has 55 heavy (non-hydrogen) atoms. The number of benzene rings is 5. The number of halogens is 3. The molecule has 1 fully saturated rings. The molecule has 6 rings (SSSR count). The van der Waals surface area contributed by atoms with E-state index < -0.39 is 60.5 Å². The molecule has 1 heterocycles. The number of alkyl halides is 3. The number of carboxylic acids is 1. The van der Waals surface area contributed by atoms with Crippen LogP contribution in [-0.4, -0.2) is 74.5 Å². The Balaban J connectivity index is 1.34. The maximum absolute atomic E-state index is 14.4. The Morgan fingerprint density at radius 2 is 1.25 bits per heavy atom. The van der Waals surface area contributed by atoms with Gasteiger partial charge in [-0.05, 0) is 77.1 Å². The third kappa shape index (κ3) is 8.82. The van der Waals surface area contributed by atoms with E-state index in [1.807, 2.05) is 42.5 Å². The van der Waals surface area contributed by atoms with E-state index in [1.54, 1.807) is 24.3 Å². The van der Waals surface area contributed by atoms with Gasteiger partial charge in [0.15, 0.2) is 9.84 Å². The molecular formula is C41H37F3N2O7S2. The van der Waals surface area contributed by atoms with E-state index in [1.165, 1.54) is 48.5 Å². The van der Waals surface area contributed by atoms with Gasteiger partial charge < -0.3 is 10.0 Å². The minimum atomic E-state index is -4.51. The quantitative estimate of drug-likeness (QED) is 0.139. The number of hydrogen-bond acceptors (Lipinski definition) is 6. The molecule has 9 nitrogen and oxygen atoms in total. The molecule has 0 saturated carbocycles. The Bertz CT molecular complexity index is 2390. The number of aliphatic carboxylic acids is 1. The van der Waals surface area contributed by atoms with Crippen molar-refractivity contribution in [3.05, 3.63) is 144 Å². The summed E-state index contributed by atoms with van der Waals surface area (Å²) in [6.07, 6.45) is -3.05. The van der Waals surface area contributed by atoms with Gasteiger partial charge in [-0.1, -0.05) is 91.0 Å². The van der Waals surface area contributed by atoms with Crippen molar-refractivity contribution in [2.24, 2.45) is 0 Å². The molecule has 5 aromatic carbocycles. The molecule has 1 aliphatic heterocycles. The molecule has 5 aromatic rings. The molecule has 0 bridgehead atoms. The van der Waals surface area contributed by atoms with Gasteiger partial charge in [0.1, 0.15) is 10.9 Å². The van der Waals surface area contributed by atoms with Crippen LogP contribution in [0.15, 0.2) is 137 Å². The Hall–Kier alpha value is -5.31. The molecule has 1 amide bonds. The van der Waals surface area contributed by atoms with Crippen molar-refractivity contribution in [2.75, 3.05) is 19.3 Å². The van der Waals surface area contributed by atoms with Gasteiger partial charge in [-0.2, -0.15) is 17.5 Å². The summed E-state index contributed by atoms with van der Waals surface area (Å²) in [5.74, 6) is -2.02. The predicted molar refractivity (Wildman–Crippen MR) is 201 cm³/mol. The van der Waals surface area contributed by atoms with E-state index in [4.69, 9.17) is 0 Å². The first-order valence-corrected chi connectivity index (χ1v) is 20.6. The maximum Gasteiger partial charge on any atom is 0.416 e. The van der Waals surface area contributed by atoms with Crippen LogP contribution in [0.25, 0.3) is 22.3 Å². The predicted octanol–water partition coefficient (Wildman–Crippen LogP) is 7.43. The van der Waals surface area contributed by atoms with Crippen LogP contribution in [0.1, 0.15) is 34.3 Å². The van der Waals surface area contributed by atoms with E-state index in [9.17, 15) is 44.7 Å². The molecule has 0 radical (unpaired) electrons. The summed E-state index contributed by atoms with van der Waals surface area (Å²) >= 11 is 0. The number of carbonyl (C=O) groups is 2. The fourth-order valence-electron chi connectivity index (χ4n) is 6.82. The summed E-state index contributed by atoms with van der Waals surface area (Å²) in [5.41, 5.74) is 2.72. The standard InChI is InChI=1S/C41H37F3N2O7S2/c1-54(50,51)37-11-5-6-12-38(37)55(52,53)46-25-7-10-35(46)27-45(36(40(48)49)26-28-13-15-30(16-14-28)29-8-3-2-4-9-29)39(47)33-19-17-31(18-20-33)32-21-23-34(24-22-32)41(42,43)44/h2-6,8-9,11-24,35-36H,7,10,25-27H2,1H3,(H,48,49)/t35-,36-/m0/s1. The van der Waals surface area contributed by atoms with E-state index in [0.717, 1.165) is 38.7 Å². The van der Waals surface area contributed by atoms with Crippen LogP contribution in [0.3, 0.4) is 0 Å². The summed E-state index contributed by atoms with van der Waals surface area (Å²) in [7, 11) is -8.37. The Labute approximate surface area is 317 Å². The number of carboxylic acid groups (broad SMARTS) is 1. The third-order valence-corrected chi connectivity index (χ3v) is 12.9. The lowest BCUT2D eigenvalue weighted by Gasteiger charge is -2.34. The van der Waals surface area contributed by atoms with Crippen LogP contribution in [-0.2, 0) is 37.3 Å². The van der Waals surface area contributed by atoms with Crippen molar-refractivity contribution in [1.29, 1.82) is 0 Å². The molecule has 1 aliphatic rings. The first kappa shape index (κ1) is 39.4. The fourth-order valence-corrected chi connectivity index (χ4v) is 10.1. The minimum Gasteiger partial charge on any atom is -0.480 e. The fraction of sp³-hybridized carbons (Fsp3) is 0.220. The zero-order valence-electron chi connectivity index (χ0n) is 29.6. The largest absolute Gasteiger partial charge is 0.480 e. The molecule has 0 unspecified atom stereocenters. The van der Waals surface area contributed by atoms with Gasteiger partial charge >= 0.3 is 12.1 Å². The van der Waals surface area contributed by atoms with Crippen molar-refractivity contribution in [1.82, 2.24) is 9.21 Å². The molecule has 1 N–H and O–H groups in total. The molecule has 1 saturated heterocycles. The second-order valence-electron chi connectivity index (χ2n) is 13.4. The van der Waals surface area contributed by atoms with Crippen molar-refractivity contribution < 1.29 is 44.7 Å². The van der Waals surface area contributed by atoms with Crippen LogP contribution in [0, 0.1) is 0 Å². The summed E-state index contributed by atoms with van der Waals surface area (Å²) in [4.78, 5) is 27.8. The second kappa shape index (κ2) is 15.8. The normalized spacial score (nSPS) is 15.7. The summed E-state index contributed by atoms with van der Waals surface area (Å²) < 4.78 is 93.9. The van der Waals surface area contributed by atoms with Crippen LogP contribution in [0.2, 0.25) is 0 Å². The topological polar surface area (TPSA) is 129 Å². The van der Waals surface area contributed by atoms with Gasteiger partial charge in [-0.15, -0.1) is 0 Å². The summed E-state index contributed by atoms with van der Waals surface area (Å²) in [5, 5.41) is 10.6. The second-order valence-corrected chi connectivity index (χ2v) is 17.2. The van der Waals surface area contributed by atoms with Gasteiger partial charge in [0, 0.05) is 37.4 Å². The molecule has 286 valence electrons. The van der Waals surface area contributed by atoms with E-state index in [2.05, 4.69) is 0 Å². The van der Waals surface area contributed by atoms with Crippen LogP contribution >= 0.6 is 0 Å². The van der Waals surface area contributed by atoms with E-state index in [0.29, 0.717) is 23.1 Å². The molecule has 0 spiro atoms. The monoisotopic (exact) mass is 790 g/mol. The van der Waals surface area contributed by atoms with Crippen molar-refractivity contribution >= 4 is 31.7 Å². The highest BCUT2D eigenvalue weighted by Gasteiger charge is 2.41. The van der Waals surface area contributed by atoms with Crippen LogP contribution < -0.4 is 0 Å². The smallest absolute Gasteiger partial charge is 0.416 e. The number of carbonyl (C=O) groups excluding carboxylic acids is 1. The highest BCUT2D eigenvalue weighted by atomic mass is 32.2. The number of amides is 1. The minimum absolute atomic E-state index is 0.0215. The zero-order chi connectivity index (χ0) is 39.5. The molecular weight excluding hydrogens is 754 g/mol. The lowest BCUT2D eigenvalue weighted by atomic mass is 9.98. The van der Waals surface area contributed by atoms with Gasteiger partial charge in [0.05, 0.1) is 10.5 Å². The zero-order valence-corrected chi connectivity index (χ0v) is 31.2. The average Bonchev–Trinajstić information content (AvgIpc) is 3.65. The number of nitrogens with zero attached hydrogens (tertiary/aromatic N) is 2. The first-order chi connectivity index (χ1) is 26.0. The first-order valence-electron chi connectivity index (χ1n) is 17.3.